The summed E-state index contributed by atoms with van der Waals surface area (Å²) >= 11 is 1.51. The topological polar surface area (TPSA) is 103 Å². The first kappa shape index (κ1) is 20.7. The Morgan fingerprint density at radius 3 is 2.91 bits per heavy atom. The number of nitrogens with zero attached hydrogens (tertiary/aromatic N) is 7. The van der Waals surface area contributed by atoms with Gasteiger partial charge in [0.1, 0.15) is 12.4 Å². The summed E-state index contributed by atoms with van der Waals surface area (Å²) in [5, 5.41) is 9.11. The highest BCUT2D eigenvalue weighted by molar-refractivity contribution is 7.98. The fourth-order valence-electron chi connectivity index (χ4n) is 3.84. The molecule has 1 aliphatic heterocycles. The van der Waals surface area contributed by atoms with Crippen molar-refractivity contribution < 1.29 is 9.53 Å². The van der Waals surface area contributed by atoms with E-state index >= 15 is 0 Å². The lowest BCUT2D eigenvalue weighted by molar-refractivity contribution is -0.121. The molecule has 11 heteroatoms. The monoisotopic (exact) mass is 452 g/mol. The van der Waals surface area contributed by atoms with Gasteiger partial charge in [0.25, 0.3) is 0 Å². The lowest BCUT2D eigenvalue weighted by Crippen LogP contribution is -2.37. The number of carbonyl (C=O) groups excluding carboxylic acids is 1. The van der Waals surface area contributed by atoms with E-state index in [4.69, 9.17) is 9.72 Å². The van der Waals surface area contributed by atoms with Gasteiger partial charge in [-0.3, -0.25) is 4.79 Å². The third-order valence-corrected chi connectivity index (χ3v) is 5.98. The lowest BCUT2D eigenvalue weighted by atomic mass is 10.3. The van der Waals surface area contributed by atoms with E-state index in [0.29, 0.717) is 31.5 Å². The number of fused-ring (bicyclic) bond motifs is 2. The van der Waals surface area contributed by atoms with Crippen LogP contribution in [0.3, 0.4) is 0 Å². The number of anilines is 1. The molecule has 1 amide bonds. The Balaban J connectivity index is 1.27. The van der Waals surface area contributed by atoms with Gasteiger partial charge in [-0.1, -0.05) is 23.9 Å². The maximum absolute atomic E-state index is 12.5. The van der Waals surface area contributed by atoms with Gasteiger partial charge in [-0.15, -0.1) is 0 Å². The Labute approximate surface area is 189 Å². The van der Waals surface area contributed by atoms with Gasteiger partial charge in [-0.2, -0.15) is 5.10 Å². The number of amides is 1. The maximum Gasteiger partial charge on any atom is 0.240 e. The molecular weight excluding hydrogens is 428 g/mol. The number of morpholine rings is 1. The average molecular weight is 453 g/mol. The lowest BCUT2D eigenvalue weighted by Gasteiger charge is -2.28. The van der Waals surface area contributed by atoms with Crippen molar-refractivity contribution in [2.24, 2.45) is 0 Å². The predicted molar refractivity (Wildman–Crippen MR) is 123 cm³/mol. The van der Waals surface area contributed by atoms with Crippen LogP contribution in [0, 0.1) is 0 Å². The van der Waals surface area contributed by atoms with Gasteiger partial charge in [-0.05, 0) is 18.4 Å². The predicted octanol–water partition coefficient (Wildman–Crippen LogP) is 1.55. The van der Waals surface area contributed by atoms with Crippen molar-refractivity contribution in [1.29, 1.82) is 0 Å². The number of benzene rings is 1. The van der Waals surface area contributed by atoms with Crippen LogP contribution < -0.4 is 10.2 Å². The van der Waals surface area contributed by atoms with Gasteiger partial charge in [0.2, 0.25) is 5.91 Å². The number of para-hydroxylation sites is 2. The third kappa shape index (κ3) is 4.13. The zero-order valence-electron chi connectivity index (χ0n) is 17.8. The quantitative estimate of drug-likeness (QED) is 0.333. The highest BCUT2D eigenvalue weighted by atomic mass is 32.2. The highest BCUT2D eigenvalue weighted by Crippen LogP contribution is 2.27. The third-order valence-electron chi connectivity index (χ3n) is 5.44. The summed E-state index contributed by atoms with van der Waals surface area (Å²) in [4.78, 5) is 28.4. The van der Waals surface area contributed by atoms with Crippen LogP contribution in [0.1, 0.15) is 0 Å². The number of hydrogen-bond acceptors (Lipinski definition) is 8. The molecule has 0 bridgehead atoms. The van der Waals surface area contributed by atoms with E-state index in [2.05, 4.69) is 25.3 Å². The summed E-state index contributed by atoms with van der Waals surface area (Å²) in [6.45, 7) is 4.16. The van der Waals surface area contributed by atoms with Crippen molar-refractivity contribution in [1.82, 2.24) is 34.6 Å². The molecule has 3 aromatic heterocycles. The number of imidazole rings is 1. The average Bonchev–Trinajstić information content (AvgIpc) is 3.43. The summed E-state index contributed by atoms with van der Waals surface area (Å²) in [7, 11) is 0. The molecule has 10 nitrogen and oxygen atoms in total. The fraction of sp³-hybridized carbons (Fsp3) is 0.381. The van der Waals surface area contributed by atoms with Gasteiger partial charge >= 0.3 is 0 Å². The van der Waals surface area contributed by atoms with Gasteiger partial charge in [-0.25, -0.2) is 19.6 Å². The van der Waals surface area contributed by atoms with Crippen molar-refractivity contribution in [2.75, 3.05) is 44.0 Å². The largest absolute Gasteiger partial charge is 0.378 e. The molecule has 1 aliphatic rings. The Kier molecular flexibility index (Phi) is 5.91. The maximum atomic E-state index is 12.5. The summed E-state index contributed by atoms with van der Waals surface area (Å²) in [6.07, 6.45) is 5.47. The smallest absolute Gasteiger partial charge is 0.240 e. The highest BCUT2D eigenvalue weighted by Gasteiger charge is 2.20. The Bertz CT molecular complexity index is 1250. The zero-order chi connectivity index (χ0) is 21.9. The Morgan fingerprint density at radius 2 is 2.06 bits per heavy atom. The molecule has 0 aliphatic carbocycles. The first-order valence-electron chi connectivity index (χ1n) is 10.5. The van der Waals surface area contributed by atoms with Crippen LogP contribution in [-0.2, 0) is 22.6 Å². The van der Waals surface area contributed by atoms with Gasteiger partial charge < -0.3 is 19.5 Å². The zero-order valence-corrected chi connectivity index (χ0v) is 18.6. The normalized spacial score (nSPS) is 14.3. The molecule has 4 heterocycles. The number of hydrogen-bond donors (Lipinski definition) is 1. The Hall–Kier alpha value is -3.18. The fourth-order valence-corrected chi connectivity index (χ4v) is 4.20. The number of carbonyl (C=O) groups is 1. The van der Waals surface area contributed by atoms with Gasteiger partial charge in [0.05, 0.1) is 48.7 Å². The molecule has 1 saturated heterocycles. The van der Waals surface area contributed by atoms with Crippen LogP contribution in [0.2, 0.25) is 0 Å². The molecule has 0 unspecified atom stereocenters. The molecular formula is C21H24N8O2S. The van der Waals surface area contributed by atoms with Crippen molar-refractivity contribution in [3.8, 4) is 0 Å². The second-order valence-electron chi connectivity index (χ2n) is 7.45. The molecule has 32 heavy (non-hydrogen) atoms. The summed E-state index contributed by atoms with van der Waals surface area (Å²) < 4.78 is 9.15. The van der Waals surface area contributed by atoms with E-state index in [1.165, 1.54) is 11.8 Å². The SMILES string of the molecule is CSc1nc(N2CCOCC2)c2cnn(CCNC(=O)Cn3cnc4ccccc43)c2n1. The number of aromatic nitrogens is 6. The van der Waals surface area contributed by atoms with Crippen molar-refractivity contribution >= 4 is 45.6 Å². The molecule has 0 atom stereocenters. The van der Waals surface area contributed by atoms with Gasteiger partial charge in [0.15, 0.2) is 10.8 Å². The second kappa shape index (κ2) is 9.13. The van der Waals surface area contributed by atoms with Crippen LogP contribution >= 0.6 is 11.8 Å². The van der Waals surface area contributed by atoms with Crippen molar-refractivity contribution in [3.63, 3.8) is 0 Å². The van der Waals surface area contributed by atoms with Gasteiger partial charge in [0, 0.05) is 19.6 Å². The van der Waals surface area contributed by atoms with Crippen LogP contribution in [0.4, 0.5) is 5.82 Å². The molecule has 0 spiro atoms. The van der Waals surface area contributed by atoms with E-state index in [-0.39, 0.29) is 12.5 Å². The number of thioether (sulfide) groups is 1. The number of ether oxygens (including phenoxy) is 1. The minimum Gasteiger partial charge on any atom is -0.378 e. The van der Waals surface area contributed by atoms with E-state index in [1.807, 2.05) is 46.0 Å². The number of rotatable bonds is 7. The molecule has 4 aromatic rings. The molecule has 1 fully saturated rings. The standard InChI is InChI=1S/C21H24N8O2S/c1-32-21-25-19(27-8-10-31-11-9-27)15-12-24-29(20(15)26-21)7-6-22-18(30)13-28-14-23-16-4-2-3-5-17(16)28/h2-5,12,14H,6-11,13H2,1H3,(H,22,30). The summed E-state index contributed by atoms with van der Waals surface area (Å²) in [5.74, 6) is 0.822. The van der Waals surface area contributed by atoms with Crippen LogP contribution in [0.15, 0.2) is 41.9 Å². The van der Waals surface area contributed by atoms with Crippen LogP contribution in [0.5, 0.6) is 0 Å². The molecule has 5 rings (SSSR count). The van der Waals surface area contributed by atoms with Crippen LogP contribution in [-0.4, -0.2) is 74.3 Å². The van der Waals surface area contributed by atoms with E-state index in [1.54, 1.807) is 6.33 Å². The Morgan fingerprint density at radius 1 is 1.22 bits per heavy atom. The minimum absolute atomic E-state index is 0.0713. The van der Waals surface area contributed by atoms with E-state index < -0.39 is 0 Å². The van der Waals surface area contributed by atoms with E-state index in [9.17, 15) is 4.79 Å². The molecule has 166 valence electrons. The molecule has 1 N–H and O–H groups in total. The van der Waals surface area contributed by atoms with Crippen molar-refractivity contribution in [2.45, 2.75) is 18.2 Å². The number of nitrogens with one attached hydrogen (secondary N) is 1. The first-order valence-corrected chi connectivity index (χ1v) is 11.7. The first-order chi connectivity index (χ1) is 15.7. The second-order valence-corrected chi connectivity index (χ2v) is 8.22. The molecule has 0 radical (unpaired) electrons. The molecule has 0 saturated carbocycles. The minimum atomic E-state index is -0.0713. The molecule has 1 aromatic carbocycles. The van der Waals surface area contributed by atoms with Crippen molar-refractivity contribution in [3.05, 3.63) is 36.8 Å². The van der Waals surface area contributed by atoms with E-state index in [0.717, 1.165) is 41.0 Å². The van der Waals surface area contributed by atoms with Crippen LogP contribution in [0.25, 0.3) is 22.1 Å². The summed E-state index contributed by atoms with van der Waals surface area (Å²) in [6, 6.07) is 7.77. The summed E-state index contributed by atoms with van der Waals surface area (Å²) in [5.41, 5.74) is 2.60.